The molecule has 0 saturated heterocycles. The van der Waals surface area contributed by atoms with Gasteiger partial charge in [-0.25, -0.2) is 0 Å². The molecule has 0 aromatic heterocycles. The van der Waals surface area contributed by atoms with E-state index in [4.69, 9.17) is 9.47 Å². The Kier molecular flexibility index (Phi) is 8.65. The molecule has 166 valence electrons. The highest BCUT2D eigenvalue weighted by Gasteiger charge is 2.08. The molecule has 3 N–H and O–H groups in total. The predicted molar refractivity (Wildman–Crippen MR) is 125 cm³/mol. The van der Waals surface area contributed by atoms with Crippen molar-refractivity contribution in [3.8, 4) is 11.5 Å². The molecule has 0 aliphatic rings. The number of para-hydroxylation sites is 1. The zero-order chi connectivity index (χ0) is 22.6. The van der Waals surface area contributed by atoms with Crippen LogP contribution in [0.3, 0.4) is 0 Å². The lowest BCUT2D eigenvalue weighted by Crippen LogP contribution is -2.25. The number of amides is 2. The topological polar surface area (TPSA) is 88.7 Å². The molecule has 32 heavy (non-hydrogen) atoms. The van der Waals surface area contributed by atoms with Gasteiger partial charge in [-0.15, -0.1) is 0 Å². The first-order chi connectivity index (χ1) is 15.6. The lowest BCUT2D eigenvalue weighted by molar-refractivity contribution is -0.114. The monoisotopic (exact) mass is 433 g/mol. The fourth-order valence-corrected chi connectivity index (χ4v) is 2.91. The first kappa shape index (κ1) is 22.8. The Balaban J connectivity index is 1.46. The van der Waals surface area contributed by atoms with Gasteiger partial charge in [0.15, 0.2) is 0 Å². The lowest BCUT2D eigenvalue weighted by Gasteiger charge is -2.10. The van der Waals surface area contributed by atoms with Crippen molar-refractivity contribution in [3.63, 3.8) is 0 Å². The molecular formula is C25H27N3O4. The fraction of sp³-hybridized carbons (Fsp3) is 0.200. The first-order valence-electron chi connectivity index (χ1n) is 10.4. The second-order valence-electron chi connectivity index (χ2n) is 7.02. The number of anilines is 2. The third-order valence-electron chi connectivity index (χ3n) is 4.51. The van der Waals surface area contributed by atoms with Crippen molar-refractivity contribution in [3.05, 3.63) is 84.4 Å². The van der Waals surface area contributed by atoms with Gasteiger partial charge in [-0.3, -0.25) is 9.59 Å². The number of methoxy groups -OCH3 is 1. The molecule has 0 saturated carbocycles. The van der Waals surface area contributed by atoms with Gasteiger partial charge in [0.1, 0.15) is 11.5 Å². The van der Waals surface area contributed by atoms with Crippen molar-refractivity contribution in [2.75, 3.05) is 37.4 Å². The van der Waals surface area contributed by atoms with E-state index in [1.807, 2.05) is 54.6 Å². The molecule has 0 heterocycles. The Labute approximate surface area is 187 Å². The Hall–Kier alpha value is -3.84. The van der Waals surface area contributed by atoms with E-state index in [0.29, 0.717) is 30.2 Å². The number of nitrogens with one attached hydrogen (secondary N) is 3. The summed E-state index contributed by atoms with van der Waals surface area (Å²) >= 11 is 0. The summed E-state index contributed by atoms with van der Waals surface area (Å²) in [6.45, 7) is 1.21. The summed E-state index contributed by atoms with van der Waals surface area (Å²) in [4.78, 5) is 24.5. The Morgan fingerprint density at radius 2 is 1.59 bits per heavy atom. The number of hydrogen-bond acceptors (Lipinski definition) is 5. The Morgan fingerprint density at radius 1 is 0.844 bits per heavy atom. The third kappa shape index (κ3) is 7.45. The van der Waals surface area contributed by atoms with Crippen LogP contribution in [0.15, 0.2) is 78.9 Å². The molecule has 3 aromatic carbocycles. The summed E-state index contributed by atoms with van der Waals surface area (Å²) in [5.41, 5.74) is 1.85. The Bertz CT molecular complexity index is 1010. The van der Waals surface area contributed by atoms with E-state index >= 15 is 0 Å². The van der Waals surface area contributed by atoms with Crippen molar-refractivity contribution in [2.45, 2.75) is 6.42 Å². The minimum atomic E-state index is -0.215. The molecule has 7 heteroatoms. The highest BCUT2D eigenvalue weighted by Crippen LogP contribution is 2.22. The highest BCUT2D eigenvalue weighted by molar-refractivity contribution is 5.98. The summed E-state index contributed by atoms with van der Waals surface area (Å²) in [6.07, 6.45) is 0.740. The minimum absolute atomic E-state index is 0.0896. The number of rotatable bonds is 11. The van der Waals surface area contributed by atoms with E-state index in [2.05, 4.69) is 16.0 Å². The van der Waals surface area contributed by atoms with Gasteiger partial charge in [0, 0.05) is 37.2 Å². The molecule has 0 unspecified atom stereocenters. The largest absolute Gasteiger partial charge is 0.457 e. The average molecular weight is 434 g/mol. The van der Waals surface area contributed by atoms with Crippen molar-refractivity contribution in [1.29, 1.82) is 0 Å². The molecule has 0 bridgehead atoms. The predicted octanol–water partition coefficient (Wildman–Crippen LogP) is 4.30. The molecule has 0 aliphatic carbocycles. The van der Waals surface area contributed by atoms with Crippen LogP contribution in [0, 0.1) is 0 Å². The normalized spacial score (nSPS) is 10.3. The van der Waals surface area contributed by atoms with E-state index in [1.54, 1.807) is 31.4 Å². The molecule has 2 amide bonds. The maximum atomic E-state index is 12.3. The van der Waals surface area contributed by atoms with Crippen LogP contribution in [0.25, 0.3) is 0 Å². The number of hydrogen-bond donors (Lipinski definition) is 3. The maximum Gasteiger partial charge on any atom is 0.251 e. The molecule has 0 aliphatic heterocycles. The molecule has 7 nitrogen and oxygen atoms in total. The van der Waals surface area contributed by atoms with Crippen LogP contribution in [0.2, 0.25) is 0 Å². The van der Waals surface area contributed by atoms with Gasteiger partial charge in [0.25, 0.3) is 5.91 Å². The molecule has 0 fully saturated rings. The maximum absolute atomic E-state index is 12.3. The van der Waals surface area contributed by atoms with E-state index in [0.717, 1.165) is 17.9 Å². The van der Waals surface area contributed by atoms with Gasteiger partial charge in [-0.05, 0) is 61.0 Å². The van der Waals surface area contributed by atoms with Crippen molar-refractivity contribution >= 4 is 23.2 Å². The first-order valence-corrected chi connectivity index (χ1v) is 10.4. The quantitative estimate of drug-likeness (QED) is 0.393. The van der Waals surface area contributed by atoms with Crippen molar-refractivity contribution in [1.82, 2.24) is 5.32 Å². The number of benzene rings is 3. The summed E-state index contributed by atoms with van der Waals surface area (Å²) in [5.74, 6) is 1.07. The zero-order valence-electron chi connectivity index (χ0n) is 18.0. The van der Waals surface area contributed by atoms with E-state index in [-0.39, 0.29) is 18.4 Å². The second-order valence-corrected chi connectivity index (χ2v) is 7.02. The smallest absolute Gasteiger partial charge is 0.251 e. The number of carbonyl (C=O) groups is 2. The number of carbonyl (C=O) groups excluding carboxylic acids is 2. The van der Waals surface area contributed by atoms with Gasteiger partial charge in [-0.1, -0.05) is 24.3 Å². The van der Waals surface area contributed by atoms with Crippen LogP contribution in [-0.2, 0) is 9.53 Å². The van der Waals surface area contributed by atoms with Crippen LogP contribution in [-0.4, -0.2) is 38.6 Å². The molecule has 3 aromatic rings. The summed E-state index contributed by atoms with van der Waals surface area (Å²) in [7, 11) is 1.62. The van der Waals surface area contributed by atoms with E-state index < -0.39 is 0 Å². The van der Waals surface area contributed by atoms with E-state index in [1.165, 1.54) is 0 Å². The van der Waals surface area contributed by atoms with Crippen LogP contribution in [0.1, 0.15) is 16.8 Å². The molecular weight excluding hydrogens is 406 g/mol. The molecule has 0 spiro atoms. The third-order valence-corrected chi connectivity index (χ3v) is 4.51. The van der Waals surface area contributed by atoms with Crippen molar-refractivity contribution < 1.29 is 19.1 Å². The van der Waals surface area contributed by atoms with Crippen LogP contribution >= 0.6 is 0 Å². The standard InChI is InChI=1S/C25H27N3O4/c1-31-16-6-15-26-25(30)19-7-5-8-21(17-19)28-24(29)18-27-20-11-13-23(14-12-20)32-22-9-3-2-4-10-22/h2-5,7-14,17,27H,6,15-16,18H2,1H3,(H,26,30)(H,28,29). The van der Waals surface area contributed by atoms with Gasteiger partial charge < -0.3 is 25.4 Å². The fourth-order valence-electron chi connectivity index (χ4n) is 2.91. The summed E-state index contributed by atoms with van der Waals surface area (Å²) in [6, 6.07) is 23.7. The number of ether oxygens (including phenoxy) is 2. The average Bonchev–Trinajstić information content (AvgIpc) is 2.82. The second kappa shape index (κ2) is 12.1. The highest BCUT2D eigenvalue weighted by atomic mass is 16.5. The summed E-state index contributed by atoms with van der Waals surface area (Å²) < 4.78 is 10.7. The SMILES string of the molecule is COCCCNC(=O)c1cccc(NC(=O)CNc2ccc(Oc3ccccc3)cc2)c1. The molecule has 3 rings (SSSR count). The van der Waals surface area contributed by atoms with Crippen LogP contribution in [0.5, 0.6) is 11.5 Å². The van der Waals surface area contributed by atoms with Gasteiger partial charge in [-0.2, -0.15) is 0 Å². The van der Waals surface area contributed by atoms with Gasteiger partial charge >= 0.3 is 0 Å². The molecule has 0 atom stereocenters. The van der Waals surface area contributed by atoms with E-state index in [9.17, 15) is 9.59 Å². The summed E-state index contributed by atoms with van der Waals surface area (Å²) in [5, 5.41) is 8.70. The zero-order valence-corrected chi connectivity index (χ0v) is 18.0. The minimum Gasteiger partial charge on any atom is -0.457 e. The van der Waals surface area contributed by atoms with Gasteiger partial charge in [0.2, 0.25) is 5.91 Å². The lowest BCUT2D eigenvalue weighted by atomic mass is 10.2. The van der Waals surface area contributed by atoms with Crippen LogP contribution < -0.4 is 20.7 Å². The van der Waals surface area contributed by atoms with Gasteiger partial charge in [0.05, 0.1) is 6.54 Å². The van der Waals surface area contributed by atoms with Crippen LogP contribution in [0.4, 0.5) is 11.4 Å². The Morgan fingerprint density at radius 3 is 2.34 bits per heavy atom. The molecule has 0 radical (unpaired) electrons. The van der Waals surface area contributed by atoms with Crippen molar-refractivity contribution in [2.24, 2.45) is 0 Å².